The van der Waals surface area contributed by atoms with Crippen molar-refractivity contribution >= 4 is 7.82 Å². The molecule has 1 aliphatic rings. The van der Waals surface area contributed by atoms with Crippen LogP contribution in [-0.4, -0.2) is 35.3 Å². The van der Waals surface area contributed by atoms with Gasteiger partial charge in [-0.2, -0.15) is 0 Å². The third-order valence-corrected chi connectivity index (χ3v) is 2.05. The van der Waals surface area contributed by atoms with Gasteiger partial charge in [0.05, 0.1) is 20.5 Å². The van der Waals surface area contributed by atoms with E-state index in [4.69, 9.17) is 10.2 Å². The molecular weight excluding hydrogens is 203 g/mol. The lowest BCUT2D eigenvalue weighted by atomic mass is 10.2. The smallest absolute Gasteiger partial charge is 0.181 e. The number of aliphatic hydroxyl groups excluding tert-OH is 2. The zero-order valence-corrected chi connectivity index (χ0v) is 7.42. The Kier molecular flexibility index (Phi) is 3.42. The molecule has 0 saturated carbocycles. The third kappa shape index (κ3) is 3.70. The van der Waals surface area contributed by atoms with E-state index in [9.17, 15) is 14.4 Å². The Morgan fingerprint density at radius 3 is 2.54 bits per heavy atom. The van der Waals surface area contributed by atoms with Gasteiger partial charge in [-0.3, -0.25) is 0 Å². The summed E-state index contributed by atoms with van der Waals surface area (Å²) in [6.45, 7) is -0.474. The molecule has 0 aromatic carbocycles. The lowest BCUT2D eigenvalue weighted by Gasteiger charge is -2.29. The fourth-order valence-corrected chi connectivity index (χ4v) is 1.36. The van der Waals surface area contributed by atoms with Crippen LogP contribution in [0, 0.1) is 0 Å². The van der Waals surface area contributed by atoms with E-state index in [1.807, 2.05) is 0 Å². The number of aliphatic hydroxyl groups is 2. The van der Waals surface area contributed by atoms with Gasteiger partial charge < -0.3 is 33.8 Å². The number of rotatable bonds is 3. The summed E-state index contributed by atoms with van der Waals surface area (Å²) in [6, 6.07) is 0. The van der Waals surface area contributed by atoms with Crippen LogP contribution >= 0.6 is 7.82 Å². The van der Waals surface area contributed by atoms with Gasteiger partial charge in [0.2, 0.25) is 0 Å². The second-order valence-electron chi connectivity index (χ2n) is 2.69. The lowest BCUT2D eigenvalue weighted by Crippen LogP contribution is -2.22. The zero-order valence-electron chi connectivity index (χ0n) is 6.53. The maximum absolute atomic E-state index is 10.0. The van der Waals surface area contributed by atoms with Crippen LogP contribution in [0.1, 0.15) is 6.42 Å². The minimum absolute atomic E-state index is 0.0428. The monoisotopic (exact) mass is 212 g/mol. The van der Waals surface area contributed by atoms with Gasteiger partial charge in [-0.05, 0) is 0 Å². The van der Waals surface area contributed by atoms with Gasteiger partial charge in [0.15, 0.2) is 6.29 Å². The minimum atomic E-state index is -5.00. The van der Waals surface area contributed by atoms with Crippen LogP contribution in [-0.2, 0) is 13.8 Å². The highest BCUT2D eigenvalue weighted by atomic mass is 31.2. The predicted molar refractivity (Wildman–Crippen MR) is 35.1 cm³/mol. The van der Waals surface area contributed by atoms with Crippen molar-refractivity contribution in [2.75, 3.05) is 6.61 Å². The highest BCUT2D eigenvalue weighted by Crippen LogP contribution is 2.27. The molecule has 8 heteroatoms. The number of phosphoric ester groups is 1. The average Bonchev–Trinajstić information content (AvgIpc) is 2.27. The van der Waals surface area contributed by atoms with Crippen molar-refractivity contribution in [3.63, 3.8) is 0 Å². The molecule has 2 N–H and O–H groups in total. The molecule has 7 nitrogen and oxygen atoms in total. The van der Waals surface area contributed by atoms with Crippen LogP contribution in [0.2, 0.25) is 0 Å². The van der Waals surface area contributed by atoms with Crippen molar-refractivity contribution < 1.29 is 33.8 Å². The van der Waals surface area contributed by atoms with Crippen molar-refractivity contribution in [2.24, 2.45) is 0 Å². The topological polar surface area (TPSA) is 122 Å². The molecule has 0 radical (unpaired) electrons. The minimum Gasteiger partial charge on any atom is -0.790 e. The van der Waals surface area contributed by atoms with Crippen LogP contribution in [0.25, 0.3) is 0 Å². The van der Waals surface area contributed by atoms with E-state index in [1.54, 1.807) is 0 Å². The van der Waals surface area contributed by atoms with E-state index in [0.717, 1.165) is 0 Å². The summed E-state index contributed by atoms with van der Waals surface area (Å²) in [5.74, 6) is 0. The second kappa shape index (κ2) is 4.02. The van der Waals surface area contributed by atoms with Gasteiger partial charge >= 0.3 is 0 Å². The van der Waals surface area contributed by atoms with Gasteiger partial charge in [0.25, 0.3) is 0 Å². The van der Waals surface area contributed by atoms with Gasteiger partial charge in [-0.25, -0.2) is 0 Å². The summed E-state index contributed by atoms with van der Waals surface area (Å²) in [6.07, 6.45) is -3.12. The van der Waals surface area contributed by atoms with Gasteiger partial charge in [0, 0.05) is 6.42 Å². The Labute approximate surface area is 74.1 Å². The van der Waals surface area contributed by atoms with Crippen LogP contribution in [0.4, 0.5) is 0 Å². The molecule has 1 fully saturated rings. The maximum Gasteiger partial charge on any atom is 0.181 e. The molecular formula is C5H9O7P-2. The van der Waals surface area contributed by atoms with Crippen LogP contribution in [0.3, 0.4) is 0 Å². The molecule has 0 aromatic rings. The molecule has 0 spiro atoms. The SMILES string of the molecule is O=P([O-])([O-])OCC1CC(O)C(O)O1. The summed E-state index contributed by atoms with van der Waals surface area (Å²) in [7, 11) is -5.00. The largest absolute Gasteiger partial charge is 0.790 e. The summed E-state index contributed by atoms with van der Waals surface area (Å²) in [5, 5.41) is 17.8. The summed E-state index contributed by atoms with van der Waals surface area (Å²) >= 11 is 0. The van der Waals surface area contributed by atoms with Crippen molar-refractivity contribution in [1.29, 1.82) is 0 Å². The molecule has 3 unspecified atom stereocenters. The molecule has 0 amide bonds. The lowest BCUT2D eigenvalue weighted by molar-refractivity contribution is -0.343. The molecule has 1 rings (SSSR count). The number of phosphoric acid groups is 1. The summed E-state index contributed by atoms with van der Waals surface area (Å²) < 4.78 is 18.6. The highest BCUT2D eigenvalue weighted by molar-refractivity contribution is 7.43. The van der Waals surface area contributed by atoms with Gasteiger partial charge in [0.1, 0.15) is 6.10 Å². The first-order valence-electron chi connectivity index (χ1n) is 3.56. The van der Waals surface area contributed by atoms with Crippen molar-refractivity contribution in [3.05, 3.63) is 0 Å². The molecule has 78 valence electrons. The van der Waals surface area contributed by atoms with E-state index in [0.29, 0.717) is 0 Å². The van der Waals surface area contributed by atoms with Crippen LogP contribution in [0.15, 0.2) is 0 Å². The predicted octanol–water partition coefficient (Wildman–Crippen LogP) is -2.70. The molecule has 1 saturated heterocycles. The van der Waals surface area contributed by atoms with E-state index < -0.39 is 32.9 Å². The number of hydrogen-bond acceptors (Lipinski definition) is 7. The quantitative estimate of drug-likeness (QED) is 0.488. The van der Waals surface area contributed by atoms with Crippen LogP contribution in [0.5, 0.6) is 0 Å². The van der Waals surface area contributed by atoms with E-state index in [-0.39, 0.29) is 6.42 Å². The maximum atomic E-state index is 10.0. The average molecular weight is 212 g/mol. The van der Waals surface area contributed by atoms with Crippen LogP contribution < -0.4 is 9.79 Å². The van der Waals surface area contributed by atoms with Gasteiger partial charge in [-0.15, -0.1) is 0 Å². The highest BCUT2D eigenvalue weighted by Gasteiger charge is 2.32. The Morgan fingerprint density at radius 1 is 1.54 bits per heavy atom. The Hall–Kier alpha value is -0.0100. The fraction of sp³-hybridized carbons (Fsp3) is 1.00. The molecule has 0 bridgehead atoms. The molecule has 1 aliphatic heterocycles. The molecule has 13 heavy (non-hydrogen) atoms. The van der Waals surface area contributed by atoms with E-state index in [2.05, 4.69) is 9.26 Å². The first-order chi connectivity index (χ1) is 5.88. The third-order valence-electron chi connectivity index (χ3n) is 1.58. The first kappa shape index (κ1) is 11.1. The molecule has 0 aromatic heterocycles. The molecule has 3 atom stereocenters. The normalized spacial score (nSPS) is 35.2. The number of ether oxygens (including phenoxy) is 1. The van der Waals surface area contributed by atoms with Crippen molar-refractivity contribution in [3.8, 4) is 0 Å². The fourth-order valence-electron chi connectivity index (χ4n) is 1.01. The van der Waals surface area contributed by atoms with E-state index in [1.165, 1.54) is 0 Å². The molecule has 0 aliphatic carbocycles. The molecule has 1 heterocycles. The standard InChI is InChI=1S/C5H11O7P/c6-4-1-3(12-5(4)7)2-11-13(8,9)10/h3-7H,1-2H2,(H2,8,9,10)/p-2. The Bertz CT molecular complexity index is 203. The van der Waals surface area contributed by atoms with Crippen molar-refractivity contribution in [2.45, 2.75) is 24.9 Å². The first-order valence-corrected chi connectivity index (χ1v) is 5.03. The van der Waals surface area contributed by atoms with Crippen molar-refractivity contribution in [1.82, 2.24) is 0 Å². The van der Waals surface area contributed by atoms with Gasteiger partial charge in [-0.1, -0.05) is 0 Å². The second-order valence-corrected chi connectivity index (χ2v) is 3.85. The van der Waals surface area contributed by atoms with E-state index >= 15 is 0 Å². The number of hydrogen-bond donors (Lipinski definition) is 2. The zero-order chi connectivity index (χ0) is 10.1. The summed E-state index contributed by atoms with van der Waals surface area (Å²) in [5.41, 5.74) is 0. The Balaban J connectivity index is 2.29. The Morgan fingerprint density at radius 2 is 2.15 bits per heavy atom. The summed E-state index contributed by atoms with van der Waals surface area (Å²) in [4.78, 5) is 20.0.